The first-order valence-electron chi connectivity index (χ1n) is 9.33. The van der Waals surface area contributed by atoms with Crippen molar-refractivity contribution < 1.29 is 14.8 Å². The number of nitro groups is 1. The molecule has 0 bridgehead atoms. The third kappa shape index (κ3) is 14.3. The summed E-state index contributed by atoms with van der Waals surface area (Å²) in [6, 6.07) is -0.942. The van der Waals surface area contributed by atoms with Crippen LogP contribution in [0.3, 0.4) is 0 Å². The van der Waals surface area contributed by atoms with Gasteiger partial charge in [0.1, 0.15) is 12.4 Å². The van der Waals surface area contributed by atoms with Crippen molar-refractivity contribution in [3.63, 3.8) is 0 Å². The first-order chi connectivity index (χ1) is 12.1. The van der Waals surface area contributed by atoms with Gasteiger partial charge in [-0.2, -0.15) is 0 Å². The van der Waals surface area contributed by atoms with Crippen LogP contribution in [0.1, 0.15) is 71.1 Å². The Hall–Kier alpha value is -1.75. The molecule has 0 aromatic carbocycles. The molecule has 0 aliphatic heterocycles. The van der Waals surface area contributed by atoms with E-state index in [1.54, 1.807) is 6.08 Å². The van der Waals surface area contributed by atoms with Crippen LogP contribution in [0.15, 0.2) is 36.5 Å². The minimum absolute atomic E-state index is 0.266. The summed E-state index contributed by atoms with van der Waals surface area (Å²) in [6.07, 6.45) is 19.9. The molecule has 0 amide bonds. The Labute approximate surface area is 151 Å². The van der Waals surface area contributed by atoms with E-state index in [2.05, 4.69) is 12.2 Å². The fraction of sp³-hybridized carbons (Fsp3) is 0.650. The Bertz CT molecular complexity index is 429. The summed E-state index contributed by atoms with van der Waals surface area (Å²) in [5, 5.41) is 21.0. The number of rotatable bonds is 16. The molecule has 0 aliphatic rings. The zero-order valence-electron chi connectivity index (χ0n) is 15.4. The lowest BCUT2D eigenvalue weighted by molar-refractivity contribution is -0.533. The van der Waals surface area contributed by atoms with Crippen molar-refractivity contribution in [3.05, 3.63) is 46.6 Å². The normalized spacial score (nSPS) is 14.5. The average Bonchev–Trinajstić information content (AvgIpc) is 2.59. The Balaban J connectivity index is 3.86. The van der Waals surface area contributed by atoms with Crippen molar-refractivity contribution >= 4 is 6.29 Å². The average molecular weight is 351 g/mol. The molecule has 25 heavy (non-hydrogen) atoms. The SMILES string of the molecule is CC/C=C\CC(C(O)C/C=C\C/C=C\CCCCCCC=O)[N+](=O)[O-]. The van der Waals surface area contributed by atoms with Crippen LogP contribution in [0.2, 0.25) is 0 Å². The molecule has 0 fully saturated rings. The van der Waals surface area contributed by atoms with Crippen LogP contribution in [-0.4, -0.2) is 28.5 Å². The van der Waals surface area contributed by atoms with Gasteiger partial charge in [-0.25, -0.2) is 0 Å². The fourth-order valence-corrected chi connectivity index (χ4v) is 2.41. The lowest BCUT2D eigenvalue weighted by Gasteiger charge is -2.12. The number of allylic oxidation sites excluding steroid dienone is 4. The van der Waals surface area contributed by atoms with Crippen molar-refractivity contribution in [1.82, 2.24) is 0 Å². The van der Waals surface area contributed by atoms with Gasteiger partial charge >= 0.3 is 0 Å². The highest BCUT2D eigenvalue weighted by Crippen LogP contribution is 2.10. The molecule has 2 unspecified atom stereocenters. The highest BCUT2D eigenvalue weighted by Gasteiger charge is 2.27. The maximum atomic E-state index is 11.0. The summed E-state index contributed by atoms with van der Waals surface area (Å²) in [6.45, 7) is 1.97. The molecule has 0 aromatic rings. The molecule has 0 saturated carbocycles. The van der Waals surface area contributed by atoms with E-state index in [1.807, 2.05) is 25.2 Å². The smallest absolute Gasteiger partial charge is 0.242 e. The van der Waals surface area contributed by atoms with Crippen LogP contribution < -0.4 is 0 Å². The number of aliphatic hydroxyl groups is 1. The molecule has 2 atom stereocenters. The van der Waals surface area contributed by atoms with E-state index in [4.69, 9.17) is 0 Å². The summed E-state index contributed by atoms with van der Waals surface area (Å²) in [5.41, 5.74) is 0. The predicted octanol–water partition coefficient (Wildman–Crippen LogP) is 4.78. The first-order valence-corrected chi connectivity index (χ1v) is 9.33. The van der Waals surface area contributed by atoms with Crippen LogP contribution in [0.5, 0.6) is 0 Å². The van der Waals surface area contributed by atoms with E-state index >= 15 is 0 Å². The van der Waals surface area contributed by atoms with Crippen LogP contribution in [0.4, 0.5) is 0 Å². The number of aldehydes is 1. The summed E-state index contributed by atoms with van der Waals surface area (Å²) >= 11 is 0. The van der Waals surface area contributed by atoms with Gasteiger partial charge < -0.3 is 9.90 Å². The number of nitrogens with zero attached hydrogens (tertiary/aromatic N) is 1. The molecule has 0 saturated heterocycles. The summed E-state index contributed by atoms with van der Waals surface area (Å²) in [7, 11) is 0. The van der Waals surface area contributed by atoms with Crippen LogP contribution in [0, 0.1) is 10.1 Å². The third-order valence-corrected chi connectivity index (χ3v) is 3.92. The van der Waals surface area contributed by atoms with Gasteiger partial charge in [0, 0.05) is 17.8 Å². The van der Waals surface area contributed by atoms with Gasteiger partial charge in [-0.1, -0.05) is 56.2 Å². The van der Waals surface area contributed by atoms with Crippen molar-refractivity contribution in [1.29, 1.82) is 0 Å². The molecular formula is C20H33NO4. The number of carbonyl (C=O) groups is 1. The van der Waals surface area contributed by atoms with E-state index in [9.17, 15) is 20.0 Å². The monoisotopic (exact) mass is 351 g/mol. The second kappa shape index (κ2) is 17.1. The second-order valence-corrected chi connectivity index (χ2v) is 6.11. The first kappa shape index (κ1) is 23.2. The number of aliphatic hydroxyl groups excluding tert-OH is 1. The van der Waals surface area contributed by atoms with Gasteiger partial charge in [0.05, 0.1) is 0 Å². The summed E-state index contributed by atoms with van der Waals surface area (Å²) in [4.78, 5) is 20.8. The number of hydrogen-bond acceptors (Lipinski definition) is 4. The van der Waals surface area contributed by atoms with Crippen LogP contribution in [-0.2, 0) is 4.79 Å². The zero-order valence-corrected chi connectivity index (χ0v) is 15.4. The Kier molecular flexibility index (Phi) is 15.9. The summed E-state index contributed by atoms with van der Waals surface area (Å²) in [5.74, 6) is 0. The van der Waals surface area contributed by atoms with Gasteiger partial charge in [-0.3, -0.25) is 10.1 Å². The Morgan fingerprint density at radius 3 is 2.20 bits per heavy atom. The van der Waals surface area contributed by atoms with E-state index in [-0.39, 0.29) is 6.42 Å². The minimum atomic E-state index is -0.955. The third-order valence-electron chi connectivity index (χ3n) is 3.92. The lowest BCUT2D eigenvalue weighted by atomic mass is 10.0. The molecule has 0 aromatic heterocycles. The summed E-state index contributed by atoms with van der Waals surface area (Å²) < 4.78 is 0. The molecule has 0 radical (unpaired) electrons. The molecule has 5 nitrogen and oxygen atoms in total. The molecule has 5 heteroatoms. The molecular weight excluding hydrogens is 318 g/mol. The van der Waals surface area contributed by atoms with Crippen LogP contribution in [0.25, 0.3) is 0 Å². The van der Waals surface area contributed by atoms with E-state index in [0.717, 1.165) is 51.2 Å². The predicted molar refractivity (Wildman–Crippen MR) is 102 cm³/mol. The van der Waals surface area contributed by atoms with Crippen LogP contribution >= 0.6 is 0 Å². The van der Waals surface area contributed by atoms with E-state index in [1.165, 1.54) is 0 Å². The highest BCUT2D eigenvalue weighted by atomic mass is 16.6. The highest BCUT2D eigenvalue weighted by molar-refractivity contribution is 5.48. The standard InChI is InChI=1S/C20H33NO4/c1-2-3-13-16-19(21(24)25)20(23)17-14-11-9-7-5-4-6-8-10-12-15-18-22/h3,5,7,11,13-14,18-20,23H,2,4,6,8-10,12,15-17H2,1H3/b7-5-,13-3-,14-11-. The fourth-order valence-electron chi connectivity index (χ4n) is 2.41. The van der Waals surface area contributed by atoms with E-state index in [0.29, 0.717) is 12.8 Å². The van der Waals surface area contributed by atoms with Gasteiger partial charge in [-0.05, 0) is 38.5 Å². The van der Waals surface area contributed by atoms with Crippen molar-refractivity contribution in [2.24, 2.45) is 0 Å². The second-order valence-electron chi connectivity index (χ2n) is 6.11. The Morgan fingerprint density at radius 2 is 1.56 bits per heavy atom. The van der Waals surface area contributed by atoms with Gasteiger partial charge in [0.25, 0.3) is 0 Å². The minimum Gasteiger partial charge on any atom is -0.386 e. The van der Waals surface area contributed by atoms with Gasteiger partial charge in [-0.15, -0.1) is 0 Å². The quantitative estimate of drug-likeness (QED) is 0.143. The number of carbonyl (C=O) groups excluding carboxylic acids is 1. The molecule has 0 rings (SSSR count). The van der Waals surface area contributed by atoms with Gasteiger partial charge in [0.15, 0.2) is 0 Å². The van der Waals surface area contributed by atoms with Crippen molar-refractivity contribution in [3.8, 4) is 0 Å². The molecule has 0 aliphatic carbocycles. The van der Waals surface area contributed by atoms with Crippen molar-refractivity contribution in [2.45, 2.75) is 83.3 Å². The van der Waals surface area contributed by atoms with E-state index < -0.39 is 17.1 Å². The molecule has 1 N–H and O–H groups in total. The maximum Gasteiger partial charge on any atom is 0.242 e. The van der Waals surface area contributed by atoms with Gasteiger partial charge in [0.2, 0.25) is 6.04 Å². The number of unbranched alkanes of at least 4 members (excludes halogenated alkanes) is 5. The largest absolute Gasteiger partial charge is 0.386 e. The molecule has 0 heterocycles. The topological polar surface area (TPSA) is 80.4 Å². The number of hydrogen-bond donors (Lipinski definition) is 1. The van der Waals surface area contributed by atoms with Crippen molar-refractivity contribution in [2.75, 3.05) is 0 Å². The Morgan fingerprint density at radius 1 is 0.920 bits per heavy atom. The lowest BCUT2D eigenvalue weighted by Crippen LogP contribution is -2.32. The maximum absolute atomic E-state index is 11.0. The molecule has 142 valence electrons. The zero-order chi connectivity index (χ0) is 18.8. The molecule has 0 spiro atoms.